The standard InChI is InChI=1S/C12H18ClNO3S/c1-3-7-14(8-9-15)18(16,17)12-6-4-5-11(13)10(12)2/h4-6,15H,3,7-9H2,1-2H3. The summed E-state index contributed by atoms with van der Waals surface area (Å²) in [6.45, 7) is 3.86. The van der Waals surface area contributed by atoms with Crippen LogP contribution in [0.1, 0.15) is 18.9 Å². The van der Waals surface area contributed by atoms with Crippen LogP contribution in [0.4, 0.5) is 0 Å². The lowest BCUT2D eigenvalue weighted by atomic mass is 10.2. The average molecular weight is 292 g/mol. The number of sulfonamides is 1. The van der Waals surface area contributed by atoms with Crippen LogP contribution < -0.4 is 0 Å². The molecule has 0 aliphatic carbocycles. The molecule has 0 unspecified atom stereocenters. The quantitative estimate of drug-likeness (QED) is 0.872. The number of halogens is 1. The Hall–Kier alpha value is -0.620. The maximum absolute atomic E-state index is 12.4. The van der Waals surface area contributed by atoms with Crippen molar-refractivity contribution in [1.82, 2.24) is 4.31 Å². The van der Waals surface area contributed by atoms with Gasteiger partial charge in [-0.05, 0) is 31.0 Å². The van der Waals surface area contributed by atoms with Crippen molar-refractivity contribution in [2.45, 2.75) is 25.2 Å². The minimum absolute atomic E-state index is 0.0993. The topological polar surface area (TPSA) is 57.6 Å². The Morgan fingerprint density at radius 3 is 2.56 bits per heavy atom. The first-order chi connectivity index (χ1) is 8.45. The maximum Gasteiger partial charge on any atom is 0.243 e. The summed E-state index contributed by atoms with van der Waals surface area (Å²) in [5.74, 6) is 0. The second-order valence-electron chi connectivity index (χ2n) is 3.99. The molecule has 0 aromatic heterocycles. The molecule has 1 aromatic rings. The Kier molecular flexibility index (Phi) is 5.59. The fourth-order valence-electron chi connectivity index (χ4n) is 1.72. The SMILES string of the molecule is CCCN(CCO)S(=O)(=O)c1cccc(Cl)c1C. The maximum atomic E-state index is 12.4. The molecule has 4 nitrogen and oxygen atoms in total. The van der Waals surface area contributed by atoms with Crippen LogP contribution in [0, 0.1) is 6.92 Å². The summed E-state index contributed by atoms with van der Waals surface area (Å²) in [6, 6.07) is 4.81. The zero-order valence-corrected chi connectivity index (χ0v) is 12.1. The largest absolute Gasteiger partial charge is 0.395 e. The van der Waals surface area contributed by atoms with E-state index in [0.717, 1.165) is 0 Å². The van der Waals surface area contributed by atoms with Gasteiger partial charge in [-0.3, -0.25) is 0 Å². The first-order valence-corrected chi connectivity index (χ1v) is 7.63. The number of hydrogen-bond donors (Lipinski definition) is 1. The van der Waals surface area contributed by atoms with Crippen molar-refractivity contribution < 1.29 is 13.5 Å². The minimum atomic E-state index is -3.59. The Morgan fingerprint density at radius 2 is 2.00 bits per heavy atom. The summed E-state index contributed by atoms with van der Waals surface area (Å²) in [7, 11) is -3.59. The molecular formula is C12H18ClNO3S. The summed E-state index contributed by atoms with van der Waals surface area (Å²) in [6.07, 6.45) is 0.693. The van der Waals surface area contributed by atoms with Gasteiger partial charge in [0.1, 0.15) is 0 Å². The van der Waals surface area contributed by atoms with E-state index in [1.807, 2.05) is 6.92 Å². The van der Waals surface area contributed by atoms with E-state index in [-0.39, 0.29) is 18.0 Å². The molecule has 1 rings (SSSR count). The molecule has 0 aliphatic rings. The number of aliphatic hydroxyl groups excluding tert-OH is 1. The van der Waals surface area contributed by atoms with E-state index < -0.39 is 10.0 Å². The van der Waals surface area contributed by atoms with Crippen molar-refractivity contribution in [2.24, 2.45) is 0 Å². The lowest BCUT2D eigenvalue weighted by molar-refractivity contribution is 0.253. The molecule has 0 atom stereocenters. The van der Waals surface area contributed by atoms with Gasteiger partial charge in [-0.25, -0.2) is 8.42 Å². The van der Waals surface area contributed by atoms with Crippen molar-refractivity contribution in [3.63, 3.8) is 0 Å². The number of hydrogen-bond acceptors (Lipinski definition) is 3. The predicted molar refractivity (Wildman–Crippen MR) is 72.3 cm³/mol. The first kappa shape index (κ1) is 15.4. The third-order valence-electron chi connectivity index (χ3n) is 2.66. The van der Waals surface area contributed by atoms with Gasteiger partial charge in [0, 0.05) is 18.1 Å². The van der Waals surface area contributed by atoms with Crippen LogP contribution in [0.15, 0.2) is 23.1 Å². The summed E-state index contributed by atoms with van der Waals surface area (Å²) in [5.41, 5.74) is 0.540. The smallest absolute Gasteiger partial charge is 0.243 e. The Balaban J connectivity index is 3.22. The Bertz CT molecular complexity index is 496. The van der Waals surface area contributed by atoms with Crippen LogP contribution in [0.5, 0.6) is 0 Å². The van der Waals surface area contributed by atoms with Gasteiger partial charge in [0.2, 0.25) is 10.0 Å². The van der Waals surface area contributed by atoms with Crippen molar-refractivity contribution >= 4 is 21.6 Å². The summed E-state index contributed by atoms with van der Waals surface area (Å²) < 4.78 is 26.2. The molecule has 0 amide bonds. The monoisotopic (exact) mass is 291 g/mol. The zero-order chi connectivity index (χ0) is 13.8. The second-order valence-corrected chi connectivity index (χ2v) is 6.30. The molecule has 0 heterocycles. The Morgan fingerprint density at radius 1 is 1.33 bits per heavy atom. The molecule has 102 valence electrons. The normalized spacial score (nSPS) is 12.1. The Labute approximate surface area is 113 Å². The number of rotatable bonds is 6. The molecule has 0 aliphatic heterocycles. The molecule has 0 bridgehead atoms. The number of benzene rings is 1. The van der Waals surface area contributed by atoms with E-state index in [0.29, 0.717) is 23.6 Å². The molecule has 6 heteroatoms. The van der Waals surface area contributed by atoms with Gasteiger partial charge in [0.15, 0.2) is 0 Å². The van der Waals surface area contributed by atoms with E-state index in [9.17, 15) is 8.42 Å². The fraction of sp³-hybridized carbons (Fsp3) is 0.500. The zero-order valence-electron chi connectivity index (χ0n) is 10.6. The highest BCUT2D eigenvalue weighted by molar-refractivity contribution is 7.89. The minimum Gasteiger partial charge on any atom is -0.395 e. The summed E-state index contributed by atoms with van der Waals surface area (Å²) in [4.78, 5) is 0.205. The van der Waals surface area contributed by atoms with Crippen molar-refractivity contribution in [2.75, 3.05) is 19.7 Å². The van der Waals surface area contributed by atoms with Gasteiger partial charge in [0.05, 0.1) is 11.5 Å². The highest BCUT2D eigenvalue weighted by atomic mass is 35.5. The summed E-state index contributed by atoms with van der Waals surface area (Å²) >= 11 is 5.95. The first-order valence-electron chi connectivity index (χ1n) is 5.81. The average Bonchev–Trinajstić information content (AvgIpc) is 2.32. The molecule has 1 aromatic carbocycles. The molecule has 1 N–H and O–H groups in total. The van der Waals surface area contributed by atoms with Crippen LogP contribution in [-0.2, 0) is 10.0 Å². The van der Waals surface area contributed by atoms with Crippen LogP contribution in [-0.4, -0.2) is 37.5 Å². The molecule has 0 saturated carbocycles. The number of nitrogens with zero attached hydrogens (tertiary/aromatic N) is 1. The molecule has 18 heavy (non-hydrogen) atoms. The van der Waals surface area contributed by atoms with Crippen molar-refractivity contribution in [1.29, 1.82) is 0 Å². The molecule has 0 fully saturated rings. The summed E-state index contributed by atoms with van der Waals surface area (Å²) in [5, 5.41) is 9.39. The lowest BCUT2D eigenvalue weighted by Crippen LogP contribution is -2.34. The van der Waals surface area contributed by atoms with E-state index in [4.69, 9.17) is 16.7 Å². The lowest BCUT2D eigenvalue weighted by Gasteiger charge is -2.21. The van der Waals surface area contributed by atoms with Gasteiger partial charge < -0.3 is 5.11 Å². The van der Waals surface area contributed by atoms with E-state index in [1.54, 1.807) is 19.1 Å². The van der Waals surface area contributed by atoms with Crippen LogP contribution in [0.2, 0.25) is 5.02 Å². The molecule has 0 saturated heterocycles. The van der Waals surface area contributed by atoms with Crippen LogP contribution in [0.3, 0.4) is 0 Å². The highest BCUT2D eigenvalue weighted by Gasteiger charge is 2.25. The third kappa shape index (κ3) is 3.23. The fourth-order valence-corrected chi connectivity index (χ4v) is 3.72. The van der Waals surface area contributed by atoms with E-state index >= 15 is 0 Å². The molecule has 0 spiro atoms. The molecular weight excluding hydrogens is 274 g/mol. The third-order valence-corrected chi connectivity index (χ3v) is 5.11. The molecule has 0 radical (unpaired) electrons. The van der Waals surface area contributed by atoms with Gasteiger partial charge in [0.25, 0.3) is 0 Å². The van der Waals surface area contributed by atoms with Gasteiger partial charge in [-0.1, -0.05) is 24.6 Å². The van der Waals surface area contributed by atoms with Crippen LogP contribution in [0.25, 0.3) is 0 Å². The highest BCUT2D eigenvalue weighted by Crippen LogP contribution is 2.25. The van der Waals surface area contributed by atoms with Gasteiger partial charge >= 0.3 is 0 Å². The van der Waals surface area contributed by atoms with E-state index in [2.05, 4.69) is 0 Å². The van der Waals surface area contributed by atoms with Crippen molar-refractivity contribution in [3.05, 3.63) is 28.8 Å². The number of aliphatic hydroxyl groups is 1. The van der Waals surface area contributed by atoms with Gasteiger partial charge in [-0.2, -0.15) is 4.31 Å². The van der Waals surface area contributed by atoms with E-state index in [1.165, 1.54) is 10.4 Å². The predicted octanol–water partition coefficient (Wildman–Crippen LogP) is 2.04. The van der Waals surface area contributed by atoms with Crippen molar-refractivity contribution in [3.8, 4) is 0 Å². The van der Waals surface area contributed by atoms with Crippen LogP contribution >= 0.6 is 11.6 Å². The second kappa shape index (κ2) is 6.52. The van der Waals surface area contributed by atoms with Gasteiger partial charge in [-0.15, -0.1) is 0 Å².